The summed E-state index contributed by atoms with van der Waals surface area (Å²) in [7, 11) is 5.49. The predicted molar refractivity (Wildman–Crippen MR) is 136 cm³/mol. The number of aliphatic carboxylic acids is 1. The first-order valence-electron chi connectivity index (χ1n) is 10.9. The smallest absolute Gasteiger partial charge is 0.329 e. The molecule has 1 aromatic carbocycles. The molecule has 0 saturated carbocycles. The minimum absolute atomic E-state index is 0.0335. The molecule has 1 heterocycles. The number of carboxylic acid groups (broad SMARTS) is 1. The SMILES string of the molecule is COC(=O)[C@@H](CSCC(CC(=O)O)C(=O)c1cccnc1)NC(=O)Nc1cc(OC)c(OC)c(OC)c1. The Labute approximate surface area is 218 Å². The number of benzene rings is 1. The number of thioether (sulfide) groups is 1. The van der Waals surface area contributed by atoms with E-state index in [1.165, 1.54) is 53.0 Å². The molecule has 0 fully saturated rings. The third-order valence-electron chi connectivity index (χ3n) is 5.06. The Kier molecular flexibility index (Phi) is 11.5. The second-order valence-electron chi connectivity index (χ2n) is 7.53. The van der Waals surface area contributed by atoms with Gasteiger partial charge in [0.15, 0.2) is 17.3 Å². The molecule has 2 aromatic rings. The number of carbonyl (C=O) groups is 4. The fourth-order valence-corrected chi connectivity index (χ4v) is 4.44. The molecule has 0 aliphatic carbocycles. The summed E-state index contributed by atoms with van der Waals surface area (Å²) in [5.41, 5.74) is 0.605. The van der Waals surface area contributed by atoms with Crippen molar-refractivity contribution in [2.75, 3.05) is 45.3 Å². The second-order valence-corrected chi connectivity index (χ2v) is 8.60. The first kappa shape index (κ1) is 29.2. The van der Waals surface area contributed by atoms with E-state index in [0.717, 1.165) is 11.8 Å². The highest BCUT2D eigenvalue weighted by Crippen LogP contribution is 2.39. The number of nitrogens with one attached hydrogen (secondary N) is 2. The summed E-state index contributed by atoms with van der Waals surface area (Å²) in [6.45, 7) is 0. The molecule has 2 atom stereocenters. The molecule has 1 aromatic heterocycles. The van der Waals surface area contributed by atoms with Crippen LogP contribution < -0.4 is 24.8 Å². The molecule has 0 bridgehead atoms. The molecule has 0 spiro atoms. The zero-order valence-corrected chi connectivity index (χ0v) is 21.6. The van der Waals surface area contributed by atoms with Gasteiger partial charge < -0.3 is 34.7 Å². The monoisotopic (exact) mass is 535 g/mol. The highest BCUT2D eigenvalue weighted by atomic mass is 32.2. The molecule has 12 nitrogen and oxygen atoms in total. The maximum Gasteiger partial charge on any atom is 0.329 e. The topological polar surface area (TPSA) is 162 Å². The molecular weight excluding hydrogens is 506 g/mol. The quantitative estimate of drug-likeness (QED) is 0.241. The number of pyridine rings is 1. The molecule has 200 valence electrons. The summed E-state index contributed by atoms with van der Waals surface area (Å²) in [5.74, 6) is -1.94. The number of rotatable bonds is 14. The minimum Gasteiger partial charge on any atom is -0.493 e. The van der Waals surface area contributed by atoms with Crippen molar-refractivity contribution in [3.8, 4) is 17.2 Å². The van der Waals surface area contributed by atoms with Crippen LogP contribution in [0.15, 0.2) is 36.7 Å². The number of carbonyl (C=O) groups excluding carboxylic acids is 3. The van der Waals surface area contributed by atoms with Crippen LogP contribution in [0.2, 0.25) is 0 Å². The Bertz CT molecular complexity index is 1070. The number of Topliss-reactive ketones (excluding diaryl/α,β-unsaturated/α-hetero) is 1. The number of amides is 2. The summed E-state index contributed by atoms with van der Waals surface area (Å²) in [5, 5.41) is 14.4. The van der Waals surface area contributed by atoms with Crippen LogP contribution in [0.5, 0.6) is 17.2 Å². The molecule has 0 saturated heterocycles. The first-order chi connectivity index (χ1) is 17.7. The highest BCUT2D eigenvalue weighted by Gasteiger charge is 2.26. The molecule has 0 aliphatic rings. The molecule has 2 amide bonds. The zero-order valence-electron chi connectivity index (χ0n) is 20.8. The Morgan fingerprint density at radius 2 is 1.70 bits per heavy atom. The predicted octanol–water partition coefficient (Wildman–Crippen LogP) is 2.48. The number of esters is 1. The van der Waals surface area contributed by atoms with E-state index in [4.69, 9.17) is 18.9 Å². The summed E-state index contributed by atoms with van der Waals surface area (Å²) in [4.78, 5) is 52.9. The third-order valence-corrected chi connectivity index (χ3v) is 6.26. The van der Waals surface area contributed by atoms with Gasteiger partial charge in [-0.05, 0) is 12.1 Å². The van der Waals surface area contributed by atoms with Crippen LogP contribution in [0, 0.1) is 5.92 Å². The van der Waals surface area contributed by atoms with Crippen LogP contribution in [0.25, 0.3) is 0 Å². The minimum atomic E-state index is -1.13. The van der Waals surface area contributed by atoms with Gasteiger partial charge >= 0.3 is 18.0 Å². The first-order valence-corrected chi connectivity index (χ1v) is 12.1. The lowest BCUT2D eigenvalue weighted by Gasteiger charge is -2.19. The molecular formula is C24H29N3O9S. The standard InChI is InChI=1S/C24H29N3O9S/c1-33-18-9-16(10-19(34-2)22(18)35-3)26-24(32)27-17(23(31)36-4)13-37-12-15(8-20(28)29)21(30)14-6-5-7-25-11-14/h5-7,9-11,15,17H,8,12-13H2,1-4H3,(H,28,29)(H2,26,27,32)/t15?,17-/m1/s1. The lowest BCUT2D eigenvalue weighted by molar-refractivity contribution is -0.142. The van der Waals surface area contributed by atoms with Crippen LogP contribution in [0.3, 0.4) is 0 Å². The number of anilines is 1. The zero-order chi connectivity index (χ0) is 27.4. The number of hydrogen-bond donors (Lipinski definition) is 3. The van der Waals surface area contributed by atoms with E-state index in [1.54, 1.807) is 12.1 Å². The molecule has 3 N–H and O–H groups in total. The fourth-order valence-electron chi connectivity index (χ4n) is 3.30. The van der Waals surface area contributed by atoms with Crippen molar-refractivity contribution < 1.29 is 43.2 Å². The van der Waals surface area contributed by atoms with Gasteiger partial charge in [-0.15, -0.1) is 0 Å². The number of urea groups is 1. The Morgan fingerprint density at radius 1 is 1.03 bits per heavy atom. The van der Waals surface area contributed by atoms with Crippen LogP contribution in [-0.2, 0) is 14.3 Å². The van der Waals surface area contributed by atoms with Crippen LogP contribution in [-0.4, -0.2) is 79.8 Å². The number of hydrogen-bond acceptors (Lipinski definition) is 10. The van der Waals surface area contributed by atoms with E-state index >= 15 is 0 Å². The van der Waals surface area contributed by atoms with Gasteiger partial charge in [-0.25, -0.2) is 9.59 Å². The van der Waals surface area contributed by atoms with Gasteiger partial charge in [-0.1, -0.05) is 0 Å². The highest BCUT2D eigenvalue weighted by molar-refractivity contribution is 7.99. The van der Waals surface area contributed by atoms with Gasteiger partial charge in [0.25, 0.3) is 0 Å². The number of ether oxygens (including phenoxy) is 4. The number of methoxy groups -OCH3 is 4. The average molecular weight is 536 g/mol. The third kappa shape index (κ3) is 8.56. The van der Waals surface area contributed by atoms with E-state index in [9.17, 15) is 24.3 Å². The maximum atomic E-state index is 12.8. The van der Waals surface area contributed by atoms with Crippen LogP contribution in [0.4, 0.5) is 10.5 Å². The van der Waals surface area contributed by atoms with Crippen LogP contribution in [0.1, 0.15) is 16.8 Å². The van der Waals surface area contributed by atoms with Crippen molar-refractivity contribution in [3.63, 3.8) is 0 Å². The molecule has 0 radical (unpaired) electrons. The van der Waals surface area contributed by atoms with E-state index in [2.05, 4.69) is 15.6 Å². The fraction of sp³-hybridized carbons (Fsp3) is 0.375. The molecule has 1 unspecified atom stereocenters. The Morgan fingerprint density at radius 3 is 2.22 bits per heavy atom. The van der Waals surface area contributed by atoms with Crippen LogP contribution >= 0.6 is 11.8 Å². The van der Waals surface area contributed by atoms with Crippen molar-refractivity contribution in [2.45, 2.75) is 12.5 Å². The van der Waals surface area contributed by atoms with E-state index in [-0.39, 0.29) is 17.3 Å². The maximum absolute atomic E-state index is 12.8. The Balaban J connectivity index is 2.07. The number of ketones is 1. The lowest BCUT2D eigenvalue weighted by atomic mass is 9.97. The molecule has 37 heavy (non-hydrogen) atoms. The number of nitrogens with zero attached hydrogens (tertiary/aromatic N) is 1. The molecule has 13 heteroatoms. The summed E-state index contributed by atoms with van der Waals surface area (Å²) >= 11 is 1.14. The van der Waals surface area contributed by atoms with Crippen molar-refractivity contribution in [2.24, 2.45) is 5.92 Å². The van der Waals surface area contributed by atoms with E-state index in [0.29, 0.717) is 28.5 Å². The van der Waals surface area contributed by atoms with E-state index in [1.807, 2.05) is 0 Å². The second kappa shape index (κ2) is 14.5. The van der Waals surface area contributed by atoms with Gasteiger partial charge in [0.2, 0.25) is 5.75 Å². The van der Waals surface area contributed by atoms with Gasteiger partial charge in [0.1, 0.15) is 6.04 Å². The van der Waals surface area contributed by atoms with Gasteiger partial charge in [0, 0.05) is 47.5 Å². The number of aromatic nitrogens is 1. The lowest BCUT2D eigenvalue weighted by Crippen LogP contribution is -2.45. The van der Waals surface area contributed by atoms with Gasteiger partial charge in [0.05, 0.1) is 40.5 Å². The van der Waals surface area contributed by atoms with Gasteiger partial charge in [-0.3, -0.25) is 14.6 Å². The van der Waals surface area contributed by atoms with Crippen molar-refractivity contribution in [1.29, 1.82) is 0 Å². The van der Waals surface area contributed by atoms with Crippen molar-refractivity contribution >= 4 is 41.2 Å². The van der Waals surface area contributed by atoms with Gasteiger partial charge in [-0.2, -0.15) is 11.8 Å². The molecule has 2 rings (SSSR count). The van der Waals surface area contributed by atoms with E-state index < -0.39 is 36.4 Å². The van der Waals surface area contributed by atoms with Crippen molar-refractivity contribution in [1.82, 2.24) is 10.3 Å². The largest absolute Gasteiger partial charge is 0.493 e. The summed E-state index contributed by atoms with van der Waals surface area (Å²) in [6.07, 6.45) is 2.49. The molecule has 0 aliphatic heterocycles. The number of carboxylic acids is 1. The Hall–Kier alpha value is -4.00. The normalized spacial score (nSPS) is 12.0. The summed E-state index contributed by atoms with van der Waals surface area (Å²) < 4.78 is 20.6. The summed E-state index contributed by atoms with van der Waals surface area (Å²) in [6, 6.07) is 4.39. The average Bonchev–Trinajstić information content (AvgIpc) is 2.90. The van der Waals surface area contributed by atoms with Crippen molar-refractivity contribution in [3.05, 3.63) is 42.2 Å².